The summed E-state index contributed by atoms with van der Waals surface area (Å²) in [6.45, 7) is 0. The van der Waals surface area contributed by atoms with Crippen LogP contribution in [0.2, 0.25) is 0 Å². The maximum atomic E-state index is 14.7. The van der Waals surface area contributed by atoms with Crippen molar-refractivity contribution in [1.29, 1.82) is 0 Å². The number of methoxy groups -OCH3 is 1. The summed E-state index contributed by atoms with van der Waals surface area (Å²) in [4.78, 5) is 3.83. The molecule has 0 aliphatic heterocycles. The lowest BCUT2D eigenvalue weighted by atomic mass is 10.0. The Morgan fingerprint density at radius 2 is 1.77 bits per heavy atom. The van der Waals surface area contributed by atoms with Gasteiger partial charge in [0.15, 0.2) is 11.7 Å². The Morgan fingerprint density at radius 3 is 2.41 bits per heavy atom. The average molecular weight is 307 g/mol. The molecule has 22 heavy (non-hydrogen) atoms. The van der Waals surface area contributed by atoms with Gasteiger partial charge in [-0.2, -0.15) is 8.78 Å². The molecule has 1 heterocycles. The van der Waals surface area contributed by atoms with E-state index in [9.17, 15) is 13.2 Å². The second-order valence-electron chi connectivity index (χ2n) is 4.78. The molecule has 0 saturated carbocycles. The predicted molar refractivity (Wildman–Crippen MR) is 74.1 cm³/mol. The van der Waals surface area contributed by atoms with Crippen LogP contribution in [0.15, 0.2) is 52.9 Å². The fraction of sp³-hybridized carbons (Fsp3) is 0.188. The van der Waals surface area contributed by atoms with Crippen LogP contribution in [0.3, 0.4) is 0 Å². The Labute approximate surface area is 124 Å². The lowest BCUT2D eigenvalue weighted by molar-refractivity contribution is -0.148. The number of hydrogen-bond donors (Lipinski definition) is 0. The molecule has 0 aliphatic rings. The highest BCUT2D eigenvalue weighted by Gasteiger charge is 2.47. The second kappa shape index (κ2) is 5.46. The van der Waals surface area contributed by atoms with E-state index in [4.69, 9.17) is 9.15 Å². The largest absolute Gasteiger partial charge is 0.435 e. The summed E-state index contributed by atoms with van der Waals surface area (Å²) in [5.74, 6) is -4.74. The van der Waals surface area contributed by atoms with E-state index in [0.717, 1.165) is 19.2 Å². The van der Waals surface area contributed by atoms with E-state index in [-0.39, 0.29) is 11.1 Å². The smallest absolute Gasteiger partial charge is 0.351 e. The van der Waals surface area contributed by atoms with Crippen molar-refractivity contribution < 1.29 is 22.3 Å². The fourth-order valence-electron chi connectivity index (χ4n) is 2.26. The highest BCUT2D eigenvalue weighted by atomic mass is 19.3. The molecule has 2 aromatic carbocycles. The number of alkyl halides is 2. The van der Waals surface area contributed by atoms with Gasteiger partial charge in [0.05, 0.1) is 0 Å². The van der Waals surface area contributed by atoms with Crippen LogP contribution >= 0.6 is 0 Å². The zero-order chi connectivity index (χ0) is 15.7. The monoisotopic (exact) mass is 307 g/mol. The molecular weight excluding hydrogens is 295 g/mol. The summed E-state index contributed by atoms with van der Waals surface area (Å²) in [6, 6.07) is 11.2. The summed E-state index contributed by atoms with van der Waals surface area (Å²) in [7, 11) is 1.16. The maximum absolute atomic E-state index is 14.7. The van der Waals surface area contributed by atoms with E-state index in [1.807, 2.05) is 0 Å². The number of hydrogen-bond acceptors (Lipinski definition) is 3. The summed E-state index contributed by atoms with van der Waals surface area (Å²) < 4.78 is 52.4. The SMILES string of the molecule is COC(c1ccc(F)cc1)C(F)(F)c1nc2ccccc2o1. The Morgan fingerprint density at radius 1 is 1.09 bits per heavy atom. The van der Waals surface area contributed by atoms with Gasteiger partial charge in [0.1, 0.15) is 11.3 Å². The number of oxazole rings is 1. The number of para-hydroxylation sites is 2. The van der Waals surface area contributed by atoms with Crippen molar-refractivity contribution in [2.75, 3.05) is 7.11 Å². The van der Waals surface area contributed by atoms with E-state index < -0.39 is 23.7 Å². The molecule has 1 unspecified atom stereocenters. The van der Waals surface area contributed by atoms with Gasteiger partial charge >= 0.3 is 5.92 Å². The standard InChI is InChI=1S/C16H12F3NO2/c1-21-14(10-6-8-11(17)9-7-10)16(18,19)15-20-12-4-2-3-5-13(12)22-15/h2-9,14H,1H3. The van der Waals surface area contributed by atoms with Gasteiger partial charge in [0.25, 0.3) is 5.89 Å². The average Bonchev–Trinajstić information content (AvgIpc) is 2.94. The number of halogens is 3. The van der Waals surface area contributed by atoms with Crippen LogP contribution in [0.1, 0.15) is 17.6 Å². The Kier molecular flexibility index (Phi) is 3.62. The molecule has 0 fully saturated rings. The molecule has 0 N–H and O–H groups in total. The van der Waals surface area contributed by atoms with Crippen LogP contribution in [0.4, 0.5) is 13.2 Å². The molecule has 0 bridgehead atoms. The number of aromatic nitrogens is 1. The van der Waals surface area contributed by atoms with Crippen LogP contribution in [0.25, 0.3) is 11.1 Å². The van der Waals surface area contributed by atoms with Crippen molar-refractivity contribution in [3.8, 4) is 0 Å². The second-order valence-corrected chi connectivity index (χ2v) is 4.78. The molecule has 3 rings (SSSR count). The Hall–Kier alpha value is -2.34. The first kappa shape index (κ1) is 14.6. The van der Waals surface area contributed by atoms with Crippen molar-refractivity contribution in [1.82, 2.24) is 4.98 Å². The van der Waals surface area contributed by atoms with Gasteiger partial charge < -0.3 is 9.15 Å². The minimum atomic E-state index is -3.49. The van der Waals surface area contributed by atoms with E-state index in [2.05, 4.69) is 4.98 Å². The lowest BCUT2D eigenvalue weighted by Gasteiger charge is -2.23. The van der Waals surface area contributed by atoms with Crippen molar-refractivity contribution in [2.24, 2.45) is 0 Å². The highest BCUT2D eigenvalue weighted by molar-refractivity contribution is 5.72. The molecule has 0 aliphatic carbocycles. The van der Waals surface area contributed by atoms with Crippen molar-refractivity contribution >= 4 is 11.1 Å². The number of rotatable bonds is 4. The van der Waals surface area contributed by atoms with Crippen LogP contribution in [-0.2, 0) is 10.7 Å². The molecule has 0 radical (unpaired) electrons. The summed E-state index contributed by atoms with van der Waals surface area (Å²) >= 11 is 0. The van der Waals surface area contributed by atoms with Crippen LogP contribution in [-0.4, -0.2) is 12.1 Å². The van der Waals surface area contributed by atoms with Crippen molar-refractivity contribution in [2.45, 2.75) is 12.0 Å². The zero-order valence-electron chi connectivity index (χ0n) is 11.6. The van der Waals surface area contributed by atoms with Crippen LogP contribution in [0.5, 0.6) is 0 Å². The summed E-state index contributed by atoms with van der Waals surface area (Å²) in [5, 5.41) is 0. The first-order valence-electron chi connectivity index (χ1n) is 6.54. The molecule has 1 aromatic heterocycles. The van der Waals surface area contributed by atoms with Gasteiger partial charge in [-0.1, -0.05) is 24.3 Å². The van der Waals surface area contributed by atoms with Gasteiger partial charge in [-0.05, 0) is 29.8 Å². The van der Waals surface area contributed by atoms with E-state index in [1.165, 1.54) is 12.1 Å². The van der Waals surface area contributed by atoms with Crippen LogP contribution < -0.4 is 0 Å². The fourth-order valence-corrected chi connectivity index (χ4v) is 2.26. The molecule has 0 amide bonds. The van der Waals surface area contributed by atoms with E-state index in [1.54, 1.807) is 24.3 Å². The molecule has 0 saturated heterocycles. The van der Waals surface area contributed by atoms with Gasteiger partial charge in [-0.25, -0.2) is 9.37 Å². The Balaban J connectivity index is 2.03. The first-order valence-corrected chi connectivity index (χ1v) is 6.54. The quantitative estimate of drug-likeness (QED) is 0.714. The highest BCUT2D eigenvalue weighted by Crippen LogP contribution is 2.43. The molecule has 3 nitrogen and oxygen atoms in total. The third-order valence-electron chi connectivity index (χ3n) is 3.32. The van der Waals surface area contributed by atoms with E-state index >= 15 is 0 Å². The number of fused-ring (bicyclic) bond motifs is 1. The third kappa shape index (κ3) is 2.46. The molecule has 114 valence electrons. The molecular formula is C16H12F3NO2. The van der Waals surface area contributed by atoms with Gasteiger partial charge in [0, 0.05) is 7.11 Å². The molecule has 3 aromatic rings. The van der Waals surface area contributed by atoms with Gasteiger partial charge in [-0.3, -0.25) is 0 Å². The zero-order valence-corrected chi connectivity index (χ0v) is 11.6. The lowest BCUT2D eigenvalue weighted by Crippen LogP contribution is -2.26. The van der Waals surface area contributed by atoms with Gasteiger partial charge in [-0.15, -0.1) is 0 Å². The van der Waals surface area contributed by atoms with Gasteiger partial charge in [0.2, 0.25) is 0 Å². The minimum Gasteiger partial charge on any atom is -0.435 e. The Bertz CT molecular complexity index is 750. The molecule has 6 heteroatoms. The number of benzene rings is 2. The number of ether oxygens (including phenoxy) is 1. The normalized spacial score (nSPS) is 13.5. The summed E-state index contributed by atoms with van der Waals surface area (Å²) in [6.07, 6.45) is -1.62. The molecule has 0 spiro atoms. The maximum Gasteiger partial charge on any atom is 0.351 e. The first-order chi connectivity index (χ1) is 10.5. The van der Waals surface area contributed by atoms with Crippen molar-refractivity contribution in [3.05, 3.63) is 65.8 Å². The number of nitrogens with zero attached hydrogens (tertiary/aromatic N) is 1. The topological polar surface area (TPSA) is 35.3 Å². The minimum absolute atomic E-state index is 0.135. The van der Waals surface area contributed by atoms with Crippen molar-refractivity contribution in [3.63, 3.8) is 0 Å². The third-order valence-corrected chi connectivity index (χ3v) is 3.32. The summed E-state index contributed by atoms with van der Waals surface area (Å²) in [5.41, 5.74) is 0.744. The molecule has 1 atom stereocenters. The van der Waals surface area contributed by atoms with Crippen LogP contribution in [0, 0.1) is 5.82 Å². The predicted octanol–water partition coefficient (Wildman–Crippen LogP) is 4.45. The van der Waals surface area contributed by atoms with E-state index in [0.29, 0.717) is 5.52 Å².